The van der Waals surface area contributed by atoms with Gasteiger partial charge in [0.25, 0.3) is 0 Å². The smallest absolute Gasteiger partial charge is 0.0991 e. The third kappa shape index (κ3) is 2.86. The highest BCUT2D eigenvalue weighted by Crippen LogP contribution is 2.40. The summed E-state index contributed by atoms with van der Waals surface area (Å²) in [6, 6.07) is 45.5. The molecule has 2 nitrogen and oxygen atoms in total. The van der Waals surface area contributed by atoms with E-state index in [9.17, 15) is 0 Å². The van der Waals surface area contributed by atoms with Crippen LogP contribution < -0.4 is 0 Å². The molecule has 0 aliphatic rings. The van der Waals surface area contributed by atoms with Crippen molar-refractivity contribution in [1.29, 1.82) is 5.26 Å². The van der Waals surface area contributed by atoms with E-state index in [2.05, 4.69) is 108 Å². The Labute approximate surface area is 213 Å². The van der Waals surface area contributed by atoms with Crippen molar-refractivity contribution in [2.45, 2.75) is 0 Å². The van der Waals surface area contributed by atoms with Gasteiger partial charge in [-0.15, -0.1) is 0 Å². The van der Waals surface area contributed by atoms with E-state index in [4.69, 9.17) is 5.26 Å². The van der Waals surface area contributed by atoms with Crippen LogP contribution in [-0.2, 0) is 0 Å². The van der Waals surface area contributed by atoms with Crippen LogP contribution in [0.4, 0.5) is 0 Å². The van der Waals surface area contributed by atoms with Gasteiger partial charge in [0.2, 0.25) is 0 Å². The van der Waals surface area contributed by atoms with E-state index in [1.165, 1.54) is 65.4 Å². The Morgan fingerprint density at radius 3 is 1.49 bits per heavy atom. The molecule has 0 atom stereocenters. The molecule has 170 valence electrons. The summed E-state index contributed by atoms with van der Waals surface area (Å²) >= 11 is 0. The van der Waals surface area contributed by atoms with E-state index >= 15 is 0 Å². The van der Waals surface area contributed by atoms with Crippen LogP contribution in [0.25, 0.3) is 70.9 Å². The predicted molar refractivity (Wildman–Crippen MR) is 155 cm³/mol. The Kier molecular flexibility index (Phi) is 4.04. The third-order valence-corrected chi connectivity index (χ3v) is 7.70. The quantitative estimate of drug-likeness (QED) is 0.232. The normalized spacial score (nSPS) is 11.8. The number of nitrogens with zero attached hydrogens (tertiary/aromatic N) is 2. The molecule has 0 N–H and O–H groups in total. The topological polar surface area (TPSA) is 28.7 Å². The van der Waals surface area contributed by atoms with Gasteiger partial charge >= 0.3 is 0 Å². The maximum Gasteiger partial charge on any atom is 0.0991 e. The average molecular weight is 469 g/mol. The fourth-order valence-corrected chi connectivity index (χ4v) is 6.05. The van der Waals surface area contributed by atoms with Crippen molar-refractivity contribution in [1.82, 2.24) is 4.57 Å². The zero-order valence-corrected chi connectivity index (χ0v) is 19.9. The molecule has 8 rings (SSSR count). The molecule has 0 amide bonds. The van der Waals surface area contributed by atoms with Crippen LogP contribution in [0, 0.1) is 11.3 Å². The molecule has 0 saturated heterocycles. The van der Waals surface area contributed by atoms with Crippen LogP contribution >= 0.6 is 0 Å². The van der Waals surface area contributed by atoms with Gasteiger partial charge in [-0.1, -0.05) is 72.8 Å². The van der Waals surface area contributed by atoms with Crippen molar-refractivity contribution in [2.24, 2.45) is 0 Å². The van der Waals surface area contributed by atoms with Gasteiger partial charge in [-0.3, -0.25) is 0 Å². The third-order valence-electron chi connectivity index (χ3n) is 7.70. The summed E-state index contributed by atoms with van der Waals surface area (Å²) in [5, 5.41) is 19.3. The number of benzene rings is 7. The van der Waals surface area contributed by atoms with Crippen molar-refractivity contribution in [2.75, 3.05) is 0 Å². The number of para-hydroxylation sites is 2. The highest BCUT2D eigenvalue weighted by atomic mass is 15.0. The van der Waals surface area contributed by atoms with Gasteiger partial charge in [-0.05, 0) is 92.0 Å². The molecule has 0 saturated carbocycles. The van der Waals surface area contributed by atoms with Crippen LogP contribution in [0.5, 0.6) is 0 Å². The second kappa shape index (κ2) is 7.43. The largest absolute Gasteiger partial charge is 0.309 e. The summed E-state index contributed by atoms with van der Waals surface area (Å²) in [6.45, 7) is 0. The minimum absolute atomic E-state index is 0.681. The average Bonchev–Trinajstić information content (AvgIpc) is 3.30. The van der Waals surface area contributed by atoms with Gasteiger partial charge < -0.3 is 4.57 Å². The zero-order valence-electron chi connectivity index (χ0n) is 19.9. The Morgan fingerprint density at radius 1 is 0.486 bits per heavy atom. The lowest BCUT2D eigenvalue weighted by Crippen LogP contribution is -1.95. The lowest BCUT2D eigenvalue weighted by molar-refractivity contribution is 1.19. The van der Waals surface area contributed by atoms with Crippen molar-refractivity contribution in [3.63, 3.8) is 0 Å². The molecular formula is C35H20N2. The molecule has 0 spiro atoms. The number of rotatable bonds is 2. The van der Waals surface area contributed by atoms with Gasteiger partial charge in [0.15, 0.2) is 0 Å². The summed E-state index contributed by atoms with van der Waals surface area (Å²) in [6.07, 6.45) is 0. The molecule has 37 heavy (non-hydrogen) atoms. The first-order valence-corrected chi connectivity index (χ1v) is 12.5. The first kappa shape index (κ1) is 20.1. The minimum atomic E-state index is 0.681. The van der Waals surface area contributed by atoms with Crippen molar-refractivity contribution in [3.8, 4) is 22.9 Å². The Hall–Kier alpha value is -5.13. The summed E-state index contributed by atoms with van der Waals surface area (Å²) in [7, 11) is 0. The number of nitriles is 1. The van der Waals surface area contributed by atoms with Gasteiger partial charge in [-0.2, -0.15) is 5.26 Å². The van der Waals surface area contributed by atoms with E-state index in [0.29, 0.717) is 5.56 Å². The molecule has 0 bridgehead atoms. The standard InChI is InChI=1S/C35H20N2/c36-21-22-9-11-23(12-10-22)28-17-24-13-15-26-19-29(20-27-16-14-25(18-28)34(24)35(26)27)37-32-7-3-1-5-30(32)31-6-2-4-8-33(31)37/h1-20H. The number of hydrogen-bond donors (Lipinski definition) is 0. The number of fused-ring (bicyclic) bond motifs is 3. The maximum absolute atomic E-state index is 9.15. The molecule has 0 unspecified atom stereocenters. The summed E-state index contributed by atoms with van der Waals surface area (Å²) < 4.78 is 2.39. The fourth-order valence-electron chi connectivity index (χ4n) is 6.05. The van der Waals surface area contributed by atoms with Gasteiger partial charge in [-0.25, -0.2) is 0 Å². The second-order valence-corrected chi connectivity index (χ2v) is 9.75. The Balaban J connectivity index is 1.38. The molecule has 1 heterocycles. The molecule has 1 aromatic heterocycles. The highest BCUT2D eigenvalue weighted by Gasteiger charge is 2.15. The number of aromatic nitrogens is 1. The van der Waals surface area contributed by atoms with Crippen molar-refractivity contribution in [3.05, 3.63) is 127 Å². The first-order chi connectivity index (χ1) is 18.3. The van der Waals surface area contributed by atoms with E-state index in [1.54, 1.807) is 0 Å². The van der Waals surface area contributed by atoms with Gasteiger partial charge in [0, 0.05) is 16.5 Å². The summed E-state index contributed by atoms with van der Waals surface area (Å²) in [5.41, 5.74) is 6.61. The van der Waals surface area contributed by atoms with Crippen molar-refractivity contribution < 1.29 is 0 Å². The predicted octanol–water partition coefficient (Wildman–Crippen LogP) is 9.22. The van der Waals surface area contributed by atoms with E-state index in [0.717, 1.165) is 5.56 Å². The second-order valence-electron chi connectivity index (χ2n) is 9.75. The Bertz CT molecular complexity index is 2070. The molecule has 0 radical (unpaired) electrons. The molecular weight excluding hydrogens is 448 g/mol. The first-order valence-electron chi connectivity index (χ1n) is 12.5. The minimum Gasteiger partial charge on any atom is -0.309 e. The lowest BCUT2D eigenvalue weighted by atomic mass is 9.91. The Morgan fingerprint density at radius 2 is 0.973 bits per heavy atom. The van der Waals surface area contributed by atoms with E-state index in [1.807, 2.05) is 24.3 Å². The number of hydrogen-bond acceptors (Lipinski definition) is 1. The molecule has 7 aromatic carbocycles. The SMILES string of the molecule is N#Cc1ccc(-c2cc3ccc4cc(-n5c6ccccc6c6ccccc65)cc5ccc(c2)c3c45)cc1. The van der Waals surface area contributed by atoms with Crippen LogP contribution in [0.15, 0.2) is 121 Å². The maximum atomic E-state index is 9.15. The highest BCUT2D eigenvalue weighted by molar-refractivity contribution is 6.24. The molecule has 0 aliphatic heterocycles. The van der Waals surface area contributed by atoms with Crippen LogP contribution in [0.1, 0.15) is 5.56 Å². The van der Waals surface area contributed by atoms with Crippen LogP contribution in [0.3, 0.4) is 0 Å². The molecule has 0 fully saturated rings. The fraction of sp³-hybridized carbons (Fsp3) is 0. The lowest BCUT2D eigenvalue weighted by Gasteiger charge is -2.15. The molecule has 0 aliphatic carbocycles. The van der Waals surface area contributed by atoms with Gasteiger partial charge in [0.1, 0.15) is 0 Å². The van der Waals surface area contributed by atoms with Crippen molar-refractivity contribution >= 4 is 54.1 Å². The summed E-state index contributed by atoms with van der Waals surface area (Å²) in [4.78, 5) is 0. The molecule has 8 aromatic rings. The zero-order chi connectivity index (χ0) is 24.5. The molecule has 2 heteroatoms. The summed E-state index contributed by atoms with van der Waals surface area (Å²) in [5.74, 6) is 0. The van der Waals surface area contributed by atoms with E-state index in [-0.39, 0.29) is 0 Å². The monoisotopic (exact) mass is 468 g/mol. The van der Waals surface area contributed by atoms with Crippen LogP contribution in [0.2, 0.25) is 0 Å². The van der Waals surface area contributed by atoms with E-state index < -0.39 is 0 Å². The van der Waals surface area contributed by atoms with Gasteiger partial charge in [0.05, 0.1) is 22.7 Å². The van der Waals surface area contributed by atoms with Crippen LogP contribution in [-0.4, -0.2) is 4.57 Å².